The second-order valence-corrected chi connectivity index (χ2v) is 5.10. The molecule has 0 radical (unpaired) electrons. The highest BCUT2D eigenvalue weighted by atomic mass is 16.2. The molecular weight excluding hydrogens is 244 g/mol. The number of hydrogen-bond acceptors (Lipinski definition) is 3. The summed E-state index contributed by atoms with van der Waals surface area (Å²) in [4.78, 5) is 28.7. The van der Waals surface area contributed by atoms with Gasteiger partial charge < -0.3 is 20.6 Å². The van der Waals surface area contributed by atoms with Gasteiger partial charge in [-0.3, -0.25) is 4.79 Å². The molecule has 0 unspecified atom stereocenters. The lowest BCUT2D eigenvalue weighted by Gasteiger charge is -2.14. The number of carbonyl (C=O) groups is 1. The molecule has 19 heavy (non-hydrogen) atoms. The van der Waals surface area contributed by atoms with Crippen molar-refractivity contribution in [3.05, 3.63) is 28.7 Å². The van der Waals surface area contributed by atoms with Crippen LogP contribution >= 0.6 is 0 Å². The summed E-state index contributed by atoms with van der Waals surface area (Å²) in [6.07, 6.45) is 1.84. The van der Waals surface area contributed by atoms with Crippen molar-refractivity contribution in [1.29, 1.82) is 0 Å². The third-order valence-corrected chi connectivity index (χ3v) is 3.62. The summed E-state index contributed by atoms with van der Waals surface area (Å²) in [6.45, 7) is 0.696. The number of carbonyl (C=O) groups excluding carboxylic acids is 1. The molecule has 6 heteroatoms. The van der Waals surface area contributed by atoms with Crippen molar-refractivity contribution in [2.45, 2.75) is 12.8 Å². The molecule has 100 valence electrons. The summed E-state index contributed by atoms with van der Waals surface area (Å²) in [7, 11) is 1.85. The molecule has 1 saturated carbocycles. The molecule has 0 aliphatic heterocycles. The average Bonchev–Trinajstić information content (AvgIpc) is 3.05. The van der Waals surface area contributed by atoms with Crippen LogP contribution in [0.5, 0.6) is 0 Å². The SMILES string of the molecule is CNCC1(C(=O)Nc2ccc3[nH]c(=O)[nH]c3c2)CC1. The molecule has 0 saturated heterocycles. The number of nitrogens with one attached hydrogen (secondary N) is 4. The Bertz CT molecular complexity index is 681. The highest BCUT2D eigenvalue weighted by molar-refractivity contribution is 5.98. The maximum atomic E-state index is 12.2. The first-order chi connectivity index (χ1) is 9.13. The van der Waals surface area contributed by atoms with E-state index in [0.717, 1.165) is 18.4 Å². The third kappa shape index (κ3) is 2.15. The van der Waals surface area contributed by atoms with Crippen LogP contribution in [0.4, 0.5) is 5.69 Å². The topological polar surface area (TPSA) is 89.8 Å². The summed E-state index contributed by atoms with van der Waals surface area (Å²) in [5.41, 5.74) is 1.64. The Morgan fingerprint density at radius 1 is 1.32 bits per heavy atom. The van der Waals surface area contributed by atoms with Crippen molar-refractivity contribution in [2.24, 2.45) is 5.41 Å². The van der Waals surface area contributed by atoms with Gasteiger partial charge in [-0.1, -0.05) is 0 Å². The monoisotopic (exact) mass is 260 g/mol. The molecule has 1 fully saturated rings. The van der Waals surface area contributed by atoms with Crippen molar-refractivity contribution in [3.8, 4) is 0 Å². The van der Waals surface area contributed by atoms with Gasteiger partial charge in [0.1, 0.15) is 0 Å². The van der Waals surface area contributed by atoms with Crippen molar-refractivity contribution in [3.63, 3.8) is 0 Å². The summed E-state index contributed by atoms with van der Waals surface area (Å²) < 4.78 is 0. The Hall–Kier alpha value is -2.08. The molecule has 4 N–H and O–H groups in total. The van der Waals surface area contributed by atoms with Gasteiger partial charge in [0.15, 0.2) is 0 Å². The van der Waals surface area contributed by atoms with Gasteiger partial charge in [0, 0.05) is 12.2 Å². The number of aromatic amines is 2. The van der Waals surface area contributed by atoms with Crippen LogP contribution in [0.3, 0.4) is 0 Å². The quantitative estimate of drug-likeness (QED) is 0.655. The molecule has 2 aromatic rings. The van der Waals surface area contributed by atoms with Gasteiger partial charge in [-0.15, -0.1) is 0 Å². The Balaban J connectivity index is 1.81. The normalized spacial score (nSPS) is 16.5. The number of anilines is 1. The fraction of sp³-hybridized carbons (Fsp3) is 0.385. The van der Waals surface area contributed by atoms with E-state index in [2.05, 4.69) is 20.6 Å². The number of amides is 1. The maximum absolute atomic E-state index is 12.2. The number of rotatable bonds is 4. The van der Waals surface area contributed by atoms with E-state index >= 15 is 0 Å². The van der Waals surface area contributed by atoms with Crippen LogP contribution in [0.25, 0.3) is 11.0 Å². The zero-order valence-electron chi connectivity index (χ0n) is 10.7. The van der Waals surface area contributed by atoms with E-state index in [9.17, 15) is 9.59 Å². The first-order valence-corrected chi connectivity index (χ1v) is 6.31. The van der Waals surface area contributed by atoms with E-state index in [1.807, 2.05) is 7.05 Å². The van der Waals surface area contributed by atoms with E-state index in [1.54, 1.807) is 18.2 Å². The Kier molecular flexibility index (Phi) is 2.67. The molecule has 1 heterocycles. The van der Waals surface area contributed by atoms with Crippen molar-refractivity contribution < 1.29 is 4.79 Å². The summed E-state index contributed by atoms with van der Waals surface area (Å²) >= 11 is 0. The number of imidazole rings is 1. The van der Waals surface area contributed by atoms with Crippen LogP contribution in [0.1, 0.15) is 12.8 Å². The standard InChI is InChI=1S/C13H16N4O2/c1-14-7-13(4-5-13)11(18)15-8-2-3-9-10(6-8)17-12(19)16-9/h2-3,6,14H,4-5,7H2,1H3,(H,15,18)(H2,16,17,19). The fourth-order valence-electron chi connectivity index (χ4n) is 2.35. The summed E-state index contributed by atoms with van der Waals surface area (Å²) in [5, 5.41) is 5.97. The number of fused-ring (bicyclic) bond motifs is 1. The molecule has 1 aliphatic carbocycles. The molecule has 1 aliphatic rings. The van der Waals surface area contributed by atoms with E-state index in [4.69, 9.17) is 0 Å². The molecule has 0 spiro atoms. The van der Waals surface area contributed by atoms with Gasteiger partial charge in [-0.2, -0.15) is 0 Å². The van der Waals surface area contributed by atoms with Crippen LogP contribution in [-0.4, -0.2) is 29.5 Å². The molecule has 3 rings (SSSR count). The lowest BCUT2D eigenvalue weighted by atomic mass is 10.1. The summed E-state index contributed by atoms with van der Waals surface area (Å²) in [5.74, 6) is 0.0408. The van der Waals surface area contributed by atoms with E-state index < -0.39 is 0 Å². The first-order valence-electron chi connectivity index (χ1n) is 6.31. The predicted octanol–water partition coefficient (Wildman–Crippen LogP) is 0.794. The van der Waals surface area contributed by atoms with Crippen LogP contribution in [-0.2, 0) is 4.79 Å². The van der Waals surface area contributed by atoms with Gasteiger partial charge >= 0.3 is 5.69 Å². The largest absolute Gasteiger partial charge is 0.325 e. The van der Waals surface area contributed by atoms with Crippen molar-refractivity contribution >= 4 is 22.6 Å². The highest BCUT2D eigenvalue weighted by Gasteiger charge is 2.49. The van der Waals surface area contributed by atoms with Crippen LogP contribution < -0.4 is 16.3 Å². The molecule has 0 atom stereocenters. The zero-order valence-corrected chi connectivity index (χ0v) is 10.7. The lowest BCUT2D eigenvalue weighted by Crippen LogP contribution is -2.32. The fourth-order valence-corrected chi connectivity index (χ4v) is 2.35. The molecule has 0 bridgehead atoms. The number of benzene rings is 1. The Morgan fingerprint density at radius 2 is 2.05 bits per heavy atom. The Labute approximate surface area is 109 Å². The van der Waals surface area contributed by atoms with Gasteiger partial charge in [-0.05, 0) is 38.1 Å². The Morgan fingerprint density at radius 3 is 2.74 bits per heavy atom. The van der Waals surface area contributed by atoms with Gasteiger partial charge in [0.2, 0.25) is 5.91 Å². The highest BCUT2D eigenvalue weighted by Crippen LogP contribution is 2.45. The van der Waals surface area contributed by atoms with Crippen molar-refractivity contribution in [1.82, 2.24) is 15.3 Å². The second-order valence-electron chi connectivity index (χ2n) is 5.10. The molecule has 1 amide bonds. The van der Waals surface area contributed by atoms with Crippen molar-refractivity contribution in [2.75, 3.05) is 18.9 Å². The smallest absolute Gasteiger partial charge is 0.323 e. The lowest BCUT2D eigenvalue weighted by molar-refractivity contribution is -0.120. The minimum absolute atomic E-state index is 0.0408. The minimum Gasteiger partial charge on any atom is -0.325 e. The second kappa shape index (κ2) is 4.24. The third-order valence-electron chi connectivity index (χ3n) is 3.62. The van der Waals surface area contributed by atoms with Crippen LogP contribution in [0.2, 0.25) is 0 Å². The van der Waals surface area contributed by atoms with E-state index in [0.29, 0.717) is 17.7 Å². The van der Waals surface area contributed by atoms with E-state index in [-0.39, 0.29) is 17.0 Å². The van der Waals surface area contributed by atoms with Gasteiger partial charge in [0.25, 0.3) is 0 Å². The zero-order chi connectivity index (χ0) is 13.5. The number of hydrogen-bond donors (Lipinski definition) is 4. The van der Waals surface area contributed by atoms with Gasteiger partial charge in [-0.25, -0.2) is 4.79 Å². The molecule has 1 aromatic heterocycles. The van der Waals surface area contributed by atoms with E-state index in [1.165, 1.54) is 0 Å². The maximum Gasteiger partial charge on any atom is 0.323 e. The minimum atomic E-state index is -0.255. The first kappa shape index (κ1) is 12.0. The average molecular weight is 260 g/mol. The molecular formula is C13H16N4O2. The van der Waals surface area contributed by atoms with Gasteiger partial charge in [0.05, 0.1) is 16.4 Å². The molecule has 6 nitrogen and oxygen atoms in total. The van der Waals surface area contributed by atoms with Crippen LogP contribution in [0, 0.1) is 5.41 Å². The van der Waals surface area contributed by atoms with Crippen LogP contribution in [0.15, 0.2) is 23.0 Å². The summed E-state index contributed by atoms with van der Waals surface area (Å²) in [6, 6.07) is 5.33. The number of H-pyrrole nitrogens is 2. The predicted molar refractivity (Wildman–Crippen MR) is 73.1 cm³/mol. The number of aromatic nitrogens is 2. The molecule has 1 aromatic carbocycles.